The van der Waals surface area contributed by atoms with Crippen molar-refractivity contribution in [3.63, 3.8) is 0 Å². The summed E-state index contributed by atoms with van der Waals surface area (Å²) in [5, 5.41) is 3.84. The van der Waals surface area contributed by atoms with Crippen LogP contribution < -0.4 is 5.32 Å². The Labute approximate surface area is 162 Å². The summed E-state index contributed by atoms with van der Waals surface area (Å²) in [6.45, 7) is 0. The molecule has 0 aliphatic rings. The largest absolute Gasteiger partial charge is 0.444 e. The van der Waals surface area contributed by atoms with E-state index in [1.807, 2.05) is 18.2 Å². The first-order valence-electron chi connectivity index (χ1n) is 7.81. The highest BCUT2D eigenvalue weighted by Crippen LogP contribution is 2.38. The number of amides is 1. The summed E-state index contributed by atoms with van der Waals surface area (Å²) >= 11 is 7.67. The van der Waals surface area contributed by atoms with Crippen LogP contribution in [0, 0.1) is 5.82 Å². The van der Waals surface area contributed by atoms with Crippen molar-refractivity contribution in [2.45, 2.75) is 0 Å². The van der Waals surface area contributed by atoms with E-state index in [1.165, 1.54) is 30.0 Å². The van der Waals surface area contributed by atoms with Gasteiger partial charge in [0.1, 0.15) is 0 Å². The van der Waals surface area contributed by atoms with E-state index < -0.39 is 11.7 Å². The number of thiophene rings is 1. The number of aromatic nitrogens is 2. The van der Waals surface area contributed by atoms with Gasteiger partial charge in [0.25, 0.3) is 5.91 Å². The summed E-state index contributed by atoms with van der Waals surface area (Å²) in [6, 6.07) is 10.4. The standard InChI is InChI=1S/C19H11ClFN3O2S/c20-14-2-1-11(16-9-23-10-26-16)7-13(14)17-3-4-18(27-17)24-19(25)12-5-6-22-8-15(12)21/h1-10H,(H,24,25). The fraction of sp³-hybridized carbons (Fsp3) is 0. The van der Waals surface area contributed by atoms with Crippen molar-refractivity contribution in [3.05, 3.63) is 77.8 Å². The van der Waals surface area contributed by atoms with Gasteiger partial charge in [0.15, 0.2) is 18.0 Å². The summed E-state index contributed by atoms with van der Waals surface area (Å²) in [4.78, 5) is 20.6. The molecule has 1 N–H and O–H groups in total. The molecule has 0 spiro atoms. The van der Waals surface area contributed by atoms with Crippen molar-refractivity contribution >= 4 is 33.8 Å². The van der Waals surface area contributed by atoms with E-state index >= 15 is 0 Å². The Bertz CT molecular complexity index is 1110. The summed E-state index contributed by atoms with van der Waals surface area (Å²) in [7, 11) is 0. The number of anilines is 1. The molecule has 134 valence electrons. The summed E-state index contributed by atoms with van der Waals surface area (Å²) < 4.78 is 19.0. The van der Waals surface area contributed by atoms with E-state index in [-0.39, 0.29) is 5.56 Å². The van der Waals surface area contributed by atoms with Gasteiger partial charge in [-0.25, -0.2) is 9.37 Å². The predicted molar refractivity (Wildman–Crippen MR) is 102 cm³/mol. The van der Waals surface area contributed by atoms with E-state index in [0.29, 0.717) is 15.8 Å². The van der Waals surface area contributed by atoms with Crippen molar-refractivity contribution in [1.82, 2.24) is 9.97 Å². The molecule has 3 aromatic heterocycles. The maximum absolute atomic E-state index is 13.7. The number of carbonyl (C=O) groups is 1. The van der Waals surface area contributed by atoms with Crippen LogP contribution in [-0.4, -0.2) is 15.9 Å². The number of nitrogens with one attached hydrogen (secondary N) is 1. The molecule has 27 heavy (non-hydrogen) atoms. The normalized spacial score (nSPS) is 10.7. The minimum Gasteiger partial charge on any atom is -0.444 e. The first kappa shape index (κ1) is 17.4. The van der Waals surface area contributed by atoms with Crippen LogP contribution in [0.3, 0.4) is 0 Å². The lowest BCUT2D eigenvalue weighted by Crippen LogP contribution is -2.12. The third kappa shape index (κ3) is 3.60. The number of carbonyl (C=O) groups excluding carboxylic acids is 1. The van der Waals surface area contributed by atoms with Crippen molar-refractivity contribution in [3.8, 4) is 21.8 Å². The predicted octanol–water partition coefficient (Wildman–Crippen LogP) is 5.51. The molecule has 0 fully saturated rings. The lowest BCUT2D eigenvalue weighted by atomic mass is 10.1. The molecule has 3 heterocycles. The Morgan fingerprint density at radius 2 is 2.04 bits per heavy atom. The van der Waals surface area contributed by atoms with Gasteiger partial charge < -0.3 is 9.73 Å². The van der Waals surface area contributed by atoms with Crippen molar-refractivity contribution in [1.29, 1.82) is 0 Å². The van der Waals surface area contributed by atoms with Gasteiger partial charge in [0.05, 0.1) is 23.0 Å². The van der Waals surface area contributed by atoms with Crippen LogP contribution in [0.1, 0.15) is 10.4 Å². The van der Waals surface area contributed by atoms with Gasteiger partial charge in [-0.2, -0.15) is 0 Å². The molecule has 0 saturated carbocycles. The van der Waals surface area contributed by atoms with Gasteiger partial charge in [0, 0.05) is 27.2 Å². The summed E-state index contributed by atoms with van der Waals surface area (Å²) in [5.41, 5.74) is 1.57. The monoisotopic (exact) mass is 399 g/mol. The number of halogens is 2. The molecule has 8 heteroatoms. The van der Waals surface area contributed by atoms with Gasteiger partial charge >= 0.3 is 0 Å². The first-order valence-corrected chi connectivity index (χ1v) is 9.01. The van der Waals surface area contributed by atoms with E-state index in [2.05, 4.69) is 15.3 Å². The van der Waals surface area contributed by atoms with E-state index in [9.17, 15) is 9.18 Å². The molecule has 0 saturated heterocycles. The Balaban J connectivity index is 1.60. The molecule has 5 nitrogen and oxygen atoms in total. The van der Waals surface area contributed by atoms with Gasteiger partial charge in [-0.15, -0.1) is 11.3 Å². The fourth-order valence-electron chi connectivity index (χ4n) is 2.51. The molecular weight excluding hydrogens is 389 g/mol. The Morgan fingerprint density at radius 1 is 1.15 bits per heavy atom. The molecule has 0 radical (unpaired) electrons. The van der Waals surface area contributed by atoms with Gasteiger partial charge in [0.2, 0.25) is 0 Å². The first-order chi connectivity index (χ1) is 13.1. The van der Waals surface area contributed by atoms with Gasteiger partial charge in [-0.05, 0) is 36.4 Å². The van der Waals surface area contributed by atoms with Crippen molar-refractivity contribution in [2.24, 2.45) is 0 Å². The van der Waals surface area contributed by atoms with E-state index in [1.54, 1.807) is 18.3 Å². The van der Waals surface area contributed by atoms with Crippen molar-refractivity contribution < 1.29 is 13.6 Å². The van der Waals surface area contributed by atoms with Crippen molar-refractivity contribution in [2.75, 3.05) is 5.32 Å². The van der Waals surface area contributed by atoms with E-state index in [4.69, 9.17) is 16.0 Å². The summed E-state index contributed by atoms with van der Waals surface area (Å²) in [6.07, 6.45) is 5.35. The second-order valence-corrected chi connectivity index (χ2v) is 7.02. The maximum atomic E-state index is 13.7. The van der Waals surface area contributed by atoms with Crippen LogP contribution in [-0.2, 0) is 0 Å². The van der Waals surface area contributed by atoms with Crippen LogP contribution in [0.25, 0.3) is 21.8 Å². The number of oxazole rings is 1. The smallest absolute Gasteiger partial charge is 0.259 e. The molecule has 0 aliphatic carbocycles. The molecule has 0 bridgehead atoms. The number of pyridine rings is 1. The Morgan fingerprint density at radius 3 is 2.81 bits per heavy atom. The highest BCUT2D eigenvalue weighted by Gasteiger charge is 2.14. The lowest BCUT2D eigenvalue weighted by Gasteiger charge is -2.05. The molecule has 0 unspecified atom stereocenters. The van der Waals surface area contributed by atoms with Gasteiger partial charge in [-0.3, -0.25) is 9.78 Å². The zero-order valence-corrected chi connectivity index (χ0v) is 15.2. The van der Waals surface area contributed by atoms with Crippen LogP contribution in [0.5, 0.6) is 0 Å². The topological polar surface area (TPSA) is 68.0 Å². The Kier molecular flexibility index (Phi) is 4.70. The van der Waals surface area contributed by atoms with Crippen LogP contribution in [0.4, 0.5) is 9.39 Å². The highest BCUT2D eigenvalue weighted by atomic mass is 35.5. The second-order valence-electron chi connectivity index (χ2n) is 5.53. The number of hydrogen-bond acceptors (Lipinski definition) is 5. The number of nitrogens with zero attached hydrogens (tertiary/aromatic N) is 2. The molecule has 1 aromatic carbocycles. The number of hydrogen-bond donors (Lipinski definition) is 1. The number of rotatable bonds is 4. The molecular formula is C19H11ClFN3O2S. The minimum absolute atomic E-state index is 0.0645. The highest BCUT2D eigenvalue weighted by molar-refractivity contribution is 7.19. The van der Waals surface area contributed by atoms with Crippen LogP contribution in [0.15, 0.2) is 65.8 Å². The minimum atomic E-state index is -0.672. The zero-order chi connectivity index (χ0) is 18.8. The summed E-state index contributed by atoms with van der Waals surface area (Å²) in [5.74, 6) is -0.578. The molecule has 0 aliphatic heterocycles. The SMILES string of the molecule is O=C(Nc1ccc(-c2cc(-c3cnco3)ccc2Cl)s1)c1ccncc1F. The lowest BCUT2D eigenvalue weighted by molar-refractivity contribution is 0.102. The zero-order valence-electron chi connectivity index (χ0n) is 13.6. The third-order valence-electron chi connectivity index (χ3n) is 3.81. The van der Waals surface area contributed by atoms with Crippen LogP contribution >= 0.6 is 22.9 Å². The third-order valence-corrected chi connectivity index (χ3v) is 5.17. The number of benzene rings is 1. The molecule has 1 amide bonds. The average Bonchev–Trinajstić information content (AvgIpc) is 3.34. The maximum Gasteiger partial charge on any atom is 0.259 e. The second kappa shape index (κ2) is 7.30. The Hall–Kier alpha value is -3.03. The van der Waals surface area contributed by atoms with Crippen LogP contribution in [0.2, 0.25) is 5.02 Å². The molecule has 4 aromatic rings. The average molecular weight is 400 g/mol. The van der Waals surface area contributed by atoms with Gasteiger partial charge in [-0.1, -0.05) is 11.6 Å². The quantitative estimate of drug-likeness (QED) is 0.491. The fourth-order valence-corrected chi connectivity index (χ4v) is 3.72. The molecule has 4 rings (SSSR count). The molecule has 0 atom stereocenters. The van der Waals surface area contributed by atoms with E-state index in [0.717, 1.165) is 22.2 Å².